The van der Waals surface area contributed by atoms with Gasteiger partial charge in [-0.1, -0.05) is 6.07 Å². The number of nitrogens with zero attached hydrogens (tertiary/aromatic N) is 2. The molecule has 1 unspecified atom stereocenters. The van der Waals surface area contributed by atoms with Gasteiger partial charge in [-0.2, -0.15) is 0 Å². The van der Waals surface area contributed by atoms with Gasteiger partial charge in [0.1, 0.15) is 5.82 Å². The van der Waals surface area contributed by atoms with Gasteiger partial charge in [0.15, 0.2) is 0 Å². The summed E-state index contributed by atoms with van der Waals surface area (Å²) in [4.78, 5) is 4.21. The number of imidazole rings is 1. The number of nitrogens with one attached hydrogen (secondary N) is 1. The predicted molar refractivity (Wildman–Crippen MR) is 73.2 cm³/mol. The fourth-order valence-electron chi connectivity index (χ4n) is 1.92. The van der Waals surface area contributed by atoms with Crippen LogP contribution in [0.4, 0.5) is 10.3 Å². The van der Waals surface area contributed by atoms with Gasteiger partial charge in [0, 0.05) is 25.5 Å². The molecule has 0 fully saturated rings. The molecule has 0 saturated carbocycles. The number of aromatic nitrogens is 2. The molecule has 4 nitrogen and oxygen atoms in total. The quantitative estimate of drug-likeness (QED) is 0.901. The predicted octanol–water partition coefficient (Wildman–Crippen LogP) is 2.77. The van der Waals surface area contributed by atoms with E-state index < -0.39 is 0 Å². The van der Waals surface area contributed by atoms with Crippen LogP contribution in [0, 0.1) is 12.7 Å². The lowest BCUT2D eigenvalue weighted by Gasteiger charge is -2.15. The number of halogens is 1. The fraction of sp³-hybridized carbons (Fsp3) is 0.357. The number of rotatable bonds is 5. The molecule has 19 heavy (non-hydrogen) atoms. The monoisotopic (exact) mass is 263 g/mol. The van der Waals surface area contributed by atoms with Crippen molar-refractivity contribution in [3.63, 3.8) is 0 Å². The second-order valence-electron chi connectivity index (χ2n) is 4.58. The van der Waals surface area contributed by atoms with Crippen LogP contribution in [0.5, 0.6) is 0 Å². The minimum absolute atomic E-state index is 0.0969. The second kappa shape index (κ2) is 5.84. The van der Waals surface area contributed by atoms with Gasteiger partial charge in [-0.15, -0.1) is 0 Å². The fourth-order valence-corrected chi connectivity index (χ4v) is 1.92. The molecular weight excluding hydrogens is 245 g/mol. The van der Waals surface area contributed by atoms with E-state index in [0.29, 0.717) is 18.2 Å². The zero-order chi connectivity index (χ0) is 13.8. The number of anilines is 1. The normalized spacial score (nSPS) is 12.4. The van der Waals surface area contributed by atoms with Crippen LogP contribution in [0.1, 0.15) is 12.5 Å². The van der Waals surface area contributed by atoms with E-state index in [9.17, 15) is 4.39 Å². The zero-order valence-corrected chi connectivity index (χ0v) is 11.4. The largest absolute Gasteiger partial charge is 0.383 e. The SMILES string of the molecule is COCC(C)Nc1nccn1-c1ccc(C)cc1F. The third-order valence-corrected chi connectivity index (χ3v) is 2.80. The first kappa shape index (κ1) is 13.5. The van der Waals surface area contributed by atoms with Crippen LogP contribution in [0.2, 0.25) is 0 Å². The summed E-state index contributed by atoms with van der Waals surface area (Å²) >= 11 is 0. The summed E-state index contributed by atoms with van der Waals surface area (Å²) in [5.74, 6) is 0.341. The molecule has 0 saturated heterocycles. The van der Waals surface area contributed by atoms with Gasteiger partial charge >= 0.3 is 0 Å². The Bertz CT molecular complexity index is 553. The number of methoxy groups -OCH3 is 1. The topological polar surface area (TPSA) is 39.1 Å². The lowest BCUT2D eigenvalue weighted by Crippen LogP contribution is -2.23. The van der Waals surface area contributed by atoms with E-state index in [0.717, 1.165) is 5.56 Å². The maximum absolute atomic E-state index is 14.0. The van der Waals surface area contributed by atoms with Crippen molar-refractivity contribution >= 4 is 5.95 Å². The third-order valence-electron chi connectivity index (χ3n) is 2.80. The average molecular weight is 263 g/mol. The summed E-state index contributed by atoms with van der Waals surface area (Å²) in [6.07, 6.45) is 3.37. The Balaban J connectivity index is 2.28. The van der Waals surface area contributed by atoms with Crippen molar-refractivity contribution < 1.29 is 9.13 Å². The molecule has 1 N–H and O–H groups in total. The van der Waals surface area contributed by atoms with Crippen LogP contribution in [0.15, 0.2) is 30.6 Å². The Morgan fingerprint density at radius 1 is 1.47 bits per heavy atom. The molecule has 0 spiro atoms. The van der Waals surface area contributed by atoms with Crippen LogP contribution >= 0.6 is 0 Å². The van der Waals surface area contributed by atoms with Crippen LogP contribution in [-0.4, -0.2) is 29.3 Å². The molecular formula is C14H18FN3O. The van der Waals surface area contributed by atoms with Gasteiger partial charge in [0.05, 0.1) is 12.3 Å². The average Bonchev–Trinajstić information content (AvgIpc) is 2.77. The minimum Gasteiger partial charge on any atom is -0.383 e. The Labute approximate surface area is 112 Å². The van der Waals surface area contributed by atoms with E-state index in [-0.39, 0.29) is 11.9 Å². The lowest BCUT2D eigenvalue weighted by atomic mass is 10.2. The van der Waals surface area contributed by atoms with Crippen molar-refractivity contribution in [3.8, 4) is 5.69 Å². The molecule has 0 amide bonds. The first-order valence-corrected chi connectivity index (χ1v) is 6.17. The third kappa shape index (κ3) is 3.12. The van der Waals surface area contributed by atoms with Crippen molar-refractivity contribution in [2.24, 2.45) is 0 Å². The molecule has 2 aromatic rings. The molecule has 102 valence electrons. The highest BCUT2D eigenvalue weighted by molar-refractivity contribution is 5.44. The molecule has 1 heterocycles. The van der Waals surface area contributed by atoms with E-state index in [1.54, 1.807) is 30.1 Å². The molecule has 1 aromatic heterocycles. The van der Waals surface area contributed by atoms with E-state index >= 15 is 0 Å². The molecule has 1 aromatic carbocycles. The minimum atomic E-state index is -0.263. The highest BCUT2D eigenvalue weighted by atomic mass is 19.1. The van der Waals surface area contributed by atoms with E-state index in [1.807, 2.05) is 19.9 Å². The summed E-state index contributed by atoms with van der Waals surface area (Å²) in [6, 6.07) is 5.23. The number of aryl methyl sites for hydroxylation is 1. The summed E-state index contributed by atoms with van der Waals surface area (Å²) < 4.78 is 20.7. The standard InChI is InChI=1S/C14H18FN3O/c1-10-4-5-13(12(15)8-10)18-7-6-16-14(18)17-11(2)9-19-3/h4-8,11H,9H2,1-3H3,(H,16,17). The van der Waals surface area contributed by atoms with Gasteiger partial charge in [0.25, 0.3) is 0 Å². The highest BCUT2D eigenvalue weighted by Gasteiger charge is 2.11. The lowest BCUT2D eigenvalue weighted by molar-refractivity contribution is 0.190. The van der Waals surface area contributed by atoms with E-state index in [2.05, 4.69) is 10.3 Å². The number of ether oxygens (including phenoxy) is 1. The van der Waals surface area contributed by atoms with Gasteiger partial charge in [-0.25, -0.2) is 9.37 Å². The molecule has 0 aliphatic carbocycles. The number of hydrogen-bond donors (Lipinski definition) is 1. The Kier molecular flexibility index (Phi) is 4.16. The Morgan fingerprint density at radius 2 is 2.26 bits per heavy atom. The maximum atomic E-state index is 14.0. The summed E-state index contributed by atoms with van der Waals surface area (Å²) in [6.45, 7) is 4.40. The van der Waals surface area contributed by atoms with Crippen LogP contribution < -0.4 is 5.32 Å². The molecule has 0 aliphatic heterocycles. The smallest absolute Gasteiger partial charge is 0.207 e. The molecule has 0 bridgehead atoms. The second-order valence-corrected chi connectivity index (χ2v) is 4.58. The first-order valence-electron chi connectivity index (χ1n) is 6.17. The van der Waals surface area contributed by atoms with Crippen LogP contribution in [0.25, 0.3) is 5.69 Å². The summed E-state index contributed by atoms with van der Waals surface area (Å²) in [7, 11) is 1.64. The van der Waals surface area contributed by atoms with Crippen molar-refractivity contribution in [1.82, 2.24) is 9.55 Å². The van der Waals surface area contributed by atoms with Crippen LogP contribution in [-0.2, 0) is 4.74 Å². The maximum Gasteiger partial charge on any atom is 0.207 e. The molecule has 5 heteroatoms. The van der Waals surface area contributed by atoms with Crippen molar-refractivity contribution in [2.45, 2.75) is 19.9 Å². The van der Waals surface area contributed by atoms with Crippen molar-refractivity contribution in [1.29, 1.82) is 0 Å². The van der Waals surface area contributed by atoms with Gasteiger partial charge < -0.3 is 10.1 Å². The molecule has 2 rings (SSSR count). The summed E-state index contributed by atoms with van der Waals surface area (Å²) in [5.41, 5.74) is 1.37. The highest BCUT2D eigenvalue weighted by Crippen LogP contribution is 2.19. The summed E-state index contributed by atoms with van der Waals surface area (Å²) in [5, 5.41) is 3.19. The Hall–Kier alpha value is -1.88. The number of hydrogen-bond acceptors (Lipinski definition) is 3. The Morgan fingerprint density at radius 3 is 2.95 bits per heavy atom. The van der Waals surface area contributed by atoms with Crippen LogP contribution in [0.3, 0.4) is 0 Å². The molecule has 0 aliphatic rings. The van der Waals surface area contributed by atoms with E-state index in [1.165, 1.54) is 6.07 Å². The van der Waals surface area contributed by atoms with Crippen molar-refractivity contribution in [3.05, 3.63) is 42.0 Å². The van der Waals surface area contributed by atoms with Gasteiger partial charge in [-0.05, 0) is 31.5 Å². The van der Waals surface area contributed by atoms with Gasteiger partial charge in [0.2, 0.25) is 5.95 Å². The van der Waals surface area contributed by atoms with Gasteiger partial charge in [-0.3, -0.25) is 4.57 Å². The molecule has 1 atom stereocenters. The zero-order valence-electron chi connectivity index (χ0n) is 11.4. The van der Waals surface area contributed by atoms with E-state index in [4.69, 9.17) is 4.74 Å². The number of benzene rings is 1. The first-order chi connectivity index (χ1) is 9.11. The molecule has 0 radical (unpaired) electrons. The van der Waals surface area contributed by atoms with Crippen molar-refractivity contribution in [2.75, 3.05) is 19.0 Å².